The number of carbonyl (C=O) groups is 1. The monoisotopic (exact) mass is 195 g/mol. The zero-order valence-electron chi connectivity index (χ0n) is 9.76. The largest absolute Gasteiger partial charge is 0.341 e. The van der Waals surface area contributed by atoms with E-state index in [0.29, 0.717) is 17.2 Å². The average Bonchev–Trinajstić information content (AvgIpc) is 2.77. The third-order valence-corrected chi connectivity index (χ3v) is 4.30. The summed E-state index contributed by atoms with van der Waals surface area (Å²) in [5.74, 6) is 1.08. The van der Waals surface area contributed by atoms with Gasteiger partial charge >= 0.3 is 0 Å². The fourth-order valence-electron chi connectivity index (χ4n) is 2.12. The number of hydrogen-bond donors (Lipinski definition) is 0. The number of nitrogens with zero attached hydrogens (tertiary/aromatic N) is 1. The highest BCUT2D eigenvalue weighted by Crippen LogP contribution is 2.49. The van der Waals surface area contributed by atoms with Gasteiger partial charge in [-0.3, -0.25) is 4.79 Å². The van der Waals surface area contributed by atoms with Crippen molar-refractivity contribution in [3.63, 3.8) is 0 Å². The molecule has 0 unspecified atom stereocenters. The maximum atomic E-state index is 11.9. The average molecular weight is 195 g/mol. The lowest BCUT2D eigenvalue weighted by molar-refractivity contribution is -0.150. The van der Waals surface area contributed by atoms with E-state index in [4.69, 9.17) is 0 Å². The fourth-order valence-corrected chi connectivity index (χ4v) is 2.12. The van der Waals surface area contributed by atoms with Gasteiger partial charge in [0.1, 0.15) is 0 Å². The molecular weight excluding hydrogens is 174 g/mol. The summed E-state index contributed by atoms with van der Waals surface area (Å²) in [6.07, 6.45) is 2.20. The molecule has 0 radical (unpaired) electrons. The van der Waals surface area contributed by atoms with E-state index in [0.717, 1.165) is 25.9 Å². The van der Waals surface area contributed by atoms with Crippen molar-refractivity contribution in [1.29, 1.82) is 0 Å². The molecule has 80 valence electrons. The van der Waals surface area contributed by atoms with Crippen LogP contribution in [0.15, 0.2) is 0 Å². The van der Waals surface area contributed by atoms with Gasteiger partial charge in [-0.05, 0) is 18.8 Å². The molecule has 0 N–H and O–H groups in total. The van der Waals surface area contributed by atoms with E-state index in [1.54, 1.807) is 0 Å². The smallest absolute Gasteiger partial charge is 0.228 e. The van der Waals surface area contributed by atoms with Crippen molar-refractivity contribution in [3.8, 4) is 0 Å². The normalized spacial score (nSPS) is 27.4. The lowest BCUT2D eigenvalue weighted by Gasteiger charge is -2.51. The molecule has 1 amide bonds. The molecule has 2 rings (SSSR count). The molecule has 1 aliphatic carbocycles. The van der Waals surface area contributed by atoms with Crippen molar-refractivity contribution in [2.24, 2.45) is 16.7 Å². The summed E-state index contributed by atoms with van der Waals surface area (Å²) in [6, 6.07) is 0. The molecule has 0 aromatic heterocycles. The first kappa shape index (κ1) is 10.0. The lowest BCUT2D eigenvalue weighted by atomic mass is 9.72. The first-order valence-electron chi connectivity index (χ1n) is 5.67. The predicted molar refractivity (Wildman–Crippen MR) is 56.9 cm³/mol. The first-order chi connectivity index (χ1) is 6.37. The first-order valence-corrected chi connectivity index (χ1v) is 5.67. The Morgan fingerprint density at radius 2 is 1.71 bits per heavy atom. The van der Waals surface area contributed by atoms with Crippen LogP contribution in [0.25, 0.3) is 0 Å². The lowest BCUT2D eigenvalue weighted by Crippen LogP contribution is -2.60. The molecule has 0 aromatic rings. The maximum absolute atomic E-state index is 11.9. The second kappa shape index (κ2) is 2.74. The van der Waals surface area contributed by atoms with Crippen molar-refractivity contribution in [2.75, 3.05) is 13.1 Å². The Morgan fingerprint density at radius 1 is 1.21 bits per heavy atom. The second-order valence-corrected chi connectivity index (χ2v) is 6.03. The van der Waals surface area contributed by atoms with Gasteiger partial charge in [-0.1, -0.05) is 27.7 Å². The summed E-state index contributed by atoms with van der Waals surface area (Å²) in [6.45, 7) is 10.8. The Morgan fingerprint density at radius 3 is 2.07 bits per heavy atom. The van der Waals surface area contributed by atoms with E-state index in [-0.39, 0.29) is 5.41 Å². The minimum Gasteiger partial charge on any atom is -0.341 e. The Kier molecular flexibility index (Phi) is 1.96. The molecule has 2 nitrogen and oxygen atoms in total. The predicted octanol–water partition coefficient (Wildman–Crippen LogP) is 2.29. The molecular formula is C12H21NO. The summed E-state index contributed by atoms with van der Waals surface area (Å²) < 4.78 is 0. The van der Waals surface area contributed by atoms with Gasteiger partial charge in [-0.25, -0.2) is 0 Å². The van der Waals surface area contributed by atoms with E-state index in [9.17, 15) is 4.79 Å². The van der Waals surface area contributed by atoms with Crippen LogP contribution in [0.3, 0.4) is 0 Å². The van der Waals surface area contributed by atoms with Crippen LogP contribution in [0, 0.1) is 16.7 Å². The topological polar surface area (TPSA) is 20.3 Å². The number of rotatable bonds is 2. The van der Waals surface area contributed by atoms with Gasteiger partial charge in [-0.2, -0.15) is 0 Å². The number of likely N-dealkylation sites (tertiary alicyclic amines) is 1. The van der Waals surface area contributed by atoms with Crippen molar-refractivity contribution >= 4 is 5.91 Å². The number of hydrogen-bond acceptors (Lipinski definition) is 1. The van der Waals surface area contributed by atoms with Crippen LogP contribution < -0.4 is 0 Å². The van der Waals surface area contributed by atoms with E-state index in [1.807, 2.05) is 4.90 Å². The van der Waals surface area contributed by atoms with E-state index >= 15 is 0 Å². The van der Waals surface area contributed by atoms with E-state index in [2.05, 4.69) is 27.7 Å². The van der Waals surface area contributed by atoms with Crippen molar-refractivity contribution in [3.05, 3.63) is 0 Å². The summed E-state index contributed by atoms with van der Waals surface area (Å²) in [4.78, 5) is 14.0. The highest BCUT2D eigenvalue weighted by atomic mass is 16.2. The Labute approximate surface area is 86.7 Å². The Balaban J connectivity index is 1.91. The van der Waals surface area contributed by atoms with Gasteiger partial charge in [-0.15, -0.1) is 0 Å². The van der Waals surface area contributed by atoms with Gasteiger partial charge in [0.15, 0.2) is 0 Å². The van der Waals surface area contributed by atoms with Crippen LogP contribution in [0.2, 0.25) is 0 Å². The quantitative estimate of drug-likeness (QED) is 0.662. The zero-order chi connectivity index (χ0) is 10.6. The summed E-state index contributed by atoms with van der Waals surface area (Å²) in [7, 11) is 0. The molecule has 1 heterocycles. The molecule has 0 aromatic carbocycles. The summed E-state index contributed by atoms with van der Waals surface area (Å²) in [5, 5.41) is 0. The summed E-state index contributed by atoms with van der Waals surface area (Å²) >= 11 is 0. The number of amides is 1. The van der Waals surface area contributed by atoms with Crippen LogP contribution in [0.5, 0.6) is 0 Å². The fraction of sp³-hybridized carbons (Fsp3) is 0.917. The minimum absolute atomic E-state index is 0.0261. The van der Waals surface area contributed by atoms with Gasteiger partial charge in [0.05, 0.1) is 0 Å². The molecule has 0 bridgehead atoms. The third kappa shape index (κ3) is 1.35. The molecule has 2 fully saturated rings. The molecule has 2 heteroatoms. The van der Waals surface area contributed by atoms with Gasteiger partial charge < -0.3 is 4.90 Å². The highest BCUT2D eigenvalue weighted by Gasteiger charge is 2.52. The molecule has 2 aliphatic rings. The standard InChI is InChI=1S/C12H21NO/c1-9(2)12(4)7-13(8-12)10(14)11(3)5-6-11/h9H,5-8H2,1-4H3. The van der Waals surface area contributed by atoms with Gasteiger partial charge in [0.25, 0.3) is 0 Å². The minimum atomic E-state index is 0.0261. The van der Waals surface area contributed by atoms with Gasteiger partial charge in [0.2, 0.25) is 5.91 Å². The Bertz CT molecular complexity index is 259. The van der Waals surface area contributed by atoms with Gasteiger partial charge in [0, 0.05) is 23.9 Å². The van der Waals surface area contributed by atoms with Crippen LogP contribution in [-0.2, 0) is 4.79 Å². The highest BCUT2D eigenvalue weighted by molar-refractivity contribution is 5.85. The maximum Gasteiger partial charge on any atom is 0.228 e. The van der Waals surface area contributed by atoms with Crippen molar-refractivity contribution < 1.29 is 4.79 Å². The molecule has 1 saturated heterocycles. The van der Waals surface area contributed by atoms with E-state index in [1.165, 1.54) is 0 Å². The molecule has 14 heavy (non-hydrogen) atoms. The van der Waals surface area contributed by atoms with Crippen LogP contribution in [-0.4, -0.2) is 23.9 Å². The SMILES string of the molecule is CC(C)C1(C)CN(C(=O)C2(C)CC2)C1. The van der Waals surface area contributed by atoms with E-state index < -0.39 is 0 Å². The molecule has 1 saturated carbocycles. The second-order valence-electron chi connectivity index (χ2n) is 6.03. The van der Waals surface area contributed by atoms with Crippen LogP contribution >= 0.6 is 0 Å². The molecule has 1 aliphatic heterocycles. The number of carbonyl (C=O) groups excluding carboxylic acids is 1. The van der Waals surface area contributed by atoms with Crippen molar-refractivity contribution in [2.45, 2.75) is 40.5 Å². The van der Waals surface area contributed by atoms with Crippen molar-refractivity contribution in [1.82, 2.24) is 4.90 Å². The molecule has 0 spiro atoms. The zero-order valence-corrected chi connectivity index (χ0v) is 9.76. The molecule has 0 atom stereocenters. The summed E-state index contributed by atoms with van der Waals surface area (Å²) in [5.41, 5.74) is 0.402. The van der Waals surface area contributed by atoms with Crippen LogP contribution in [0.4, 0.5) is 0 Å². The van der Waals surface area contributed by atoms with Crippen LogP contribution in [0.1, 0.15) is 40.5 Å². The Hall–Kier alpha value is -0.530. The third-order valence-electron chi connectivity index (χ3n) is 4.30.